The van der Waals surface area contributed by atoms with Crippen LogP contribution in [0.1, 0.15) is 0 Å². The van der Waals surface area contributed by atoms with Crippen molar-refractivity contribution < 1.29 is 68.8 Å². The summed E-state index contributed by atoms with van der Waals surface area (Å²) in [5.41, 5.74) is 0. The van der Waals surface area contributed by atoms with Gasteiger partial charge in [0.1, 0.15) is 0 Å². The van der Waals surface area contributed by atoms with Crippen molar-refractivity contribution in [2.75, 3.05) is 0 Å². The van der Waals surface area contributed by atoms with E-state index in [2.05, 4.69) is 0 Å². The van der Waals surface area contributed by atoms with Crippen LogP contribution in [0.15, 0.2) is 0 Å². The van der Waals surface area contributed by atoms with Crippen molar-refractivity contribution in [3.05, 3.63) is 0 Å². The molecular weight excluding hydrogens is 237 g/mol. The van der Waals surface area contributed by atoms with E-state index < -0.39 is 0 Å². The second-order valence-corrected chi connectivity index (χ2v) is 0. The standard InChI is InChI=1S/4O.Yb/q4*-2;+3. The van der Waals surface area contributed by atoms with E-state index in [-0.39, 0.29) is 68.8 Å². The molecule has 0 fully saturated rings. The third kappa shape index (κ3) is 32.7. The Bertz CT molecular complexity index is 3.61. The van der Waals surface area contributed by atoms with Crippen molar-refractivity contribution in [2.24, 2.45) is 0 Å². The van der Waals surface area contributed by atoms with E-state index in [1.807, 2.05) is 0 Å². The van der Waals surface area contributed by atoms with Gasteiger partial charge < -0.3 is 21.9 Å². The molecule has 0 spiro atoms. The molecule has 0 aromatic carbocycles. The van der Waals surface area contributed by atoms with Gasteiger partial charge in [-0.05, 0) is 0 Å². The van der Waals surface area contributed by atoms with Gasteiger partial charge in [-0.1, -0.05) is 0 Å². The van der Waals surface area contributed by atoms with Gasteiger partial charge in [0.25, 0.3) is 0 Å². The van der Waals surface area contributed by atoms with Crippen molar-refractivity contribution in [2.45, 2.75) is 0 Å². The summed E-state index contributed by atoms with van der Waals surface area (Å²) in [5, 5.41) is 0. The first-order chi connectivity index (χ1) is 0. The Balaban J connectivity index is 0. The van der Waals surface area contributed by atoms with Crippen LogP contribution in [0.5, 0.6) is 0 Å². The van der Waals surface area contributed by atoms with Crippen LogP contribution in [0, 0.1) is 46.9 Å². The van der Waals surface area contributed by atoms with Crippen LogP contribution in [0.2, 0.25) is 0 Å². The van der Waals surface area contributed by atoms with E-state index in [4.69, 9.17) is 0 Å². The predicted molar refractivity (Wildman–Crippen MR) is 2.75 cm³/mol. The molecule has 0 unspecified atom stereocenters. The molecule has 1 radical (unpaired) electrons. The van der Waals surface area contributed by atoms with Crippen LogP contribution in [0.4, 0.5) is 0 Å². The second kappa shape index (κ2) is 55.1. The molecule has 0 aliphatic carbocycles. The molecule has 0 aliphatic heterocycles. The summed E-state index contributed by atoms with van der Waals surface area (Å²) < 4.78 is 0. The Morgan fingerprint density at radius 3 is 0.400 bits per heavy atom. The molecule has 0 bridgehead atoms. The zero-order chi connectivity index (χ0) is 0. The van der Waals surface area contributed by atoms with Crippen LogP contribution in [0.25, 0.3) is 0 Å². The molecule has 0 aromatic rings. The second-order valence-electron chi connectivity index (χ2n) is 0. The molecule has 0 atom stereocenters. The Hall–Kier alpha value is 1.36. The maximum absolute atomic E-state index is 0. The SMILES string of the molecule is [O-2].[O-2].[O-2].[O-2].[Yb+3]. The first-order valence-corrected chi connectivity index (χ1v) is 0. The average molecular weight is 237 g/mol. The maximum atomic E-state index is 0. The Kier molecular flexibility index (Phi) is 1090. The fourth-order valence-corrected chi connectivity index (χ4v) is 0. The zero-order valence-electron chi connectivity index (χ0n) is 1.90. The van der Waals surface area contributed by atoms with Crippen molar-refractivity contribution in [1.29, 1.82) is 0 Å². The zero-order valence-corrected chi connectivity index (χ0v) is 3.62. The van der Waals surface area contributed by atoms with Gasteiger partial charge in [0.2, 0.25) is 0 Å². The first-order valence-electron chi connectivity index (χ1n) is 0. The number of rotatable bonds is 0. The molecule has 5 heavy (non-hydrogen) atoms. The topological polar surface area (TPSA) is 114 Å². The average Bonchev–Trinajstić information content (AvgIpc) is 0. The molecule has 0 heterocycles. The fraction of sp³-hybridized carbons (Fsp3) is 0. The molecule has 5 heteroatoms. The maximum Gasteiger partial charge on any atom is 3.00 e. The number of hydrogen-bond acceptors (Lipinski definition) is 0. The van der Waals surface area contributed by atoms with Crippen LogP contribution < -0.4 is 0 Å². The summed E-state index contributed by atoms with van der Waals surface area (Å²) in [4.78, 5) is 0. The smallest absolute Gasteiger partial charge is 2.00 e. The van der Waals surface area contributed by atoms with Crippen molar-refractivity contribution in [3.63, 3.8) is 0 Å². The van der Waals surface area contributed by atoms with E-state index >= 15 is 0 Å². The van der Waals surface area contributed by atoms with Gasteiger partial charge in [-0.25, -0.2) is 0 Å². The molecule has 0 saturated heterocycles. The first kappa shape index (κ1) is 98.8. The van der Waals surface area contributed by atoms with Crippen LogP contribution in [-0.4, -0.2) is 0 Å². The molecule has 0 aromatic heterocycles. The van der Waals surface area contributed by atoms with Gasteiger partial charge in [-0.3, -0.25) is 0 Å². The summed E-state index contributed by atoms with van der Waals surface area (Å²) in [5.74, 6) is 0. The molecule has 0 rings (SSSR count). The van der Waals surface area contributed by atoms with Gasteiger partial charge in [-0.2, -0.15) is 0 Å². The largest absolute Gasteiger partial charge is 3.00 e. The molecule has 4 nitrogen and oxygen atoms in total. The molecule has 0 saturated carbocycles. The van der Waals surface area contributed by atoms with Gasteiger partial charge >= 0.3 is 46.9 Å². The van der Waals surface area contributed by atoms with Crippen LogP contribution in [0.3, 0.4) is 0 Å². The van der Waals surface area contributed by atoms with Crippen LogP contribution >= 0.6 is 0 Å². The van der Waals surface area contributed by atoms with E-state index in [0.29, 0.717) is 0 Å². The normalized spacial score (nSPS) is 0. The third-order valence-electron chi connectivity index (χ3n) is 0. The Labute approximate surface area is 68.0 Å². The minimum Gasteiger partial charge on any atom is -2.00 e. The van der Waals surface area contributed by atoms with Crippen molar-refractivity contribution in [1.82, 2.24) is 0 Å². The summed E-state index contributed by atoms with van der Waals surface area (Å²) >= 11 is 0. The monoisotopic (exact) mass is 238 g/mol. The van der Waals surface area contributed by atoms with Crippen molar-refractivity contribution in [3.8, 4) is 0 Å². The number of hydrogen-bond donors (Lipinski definition) is 0. The molecule has 0 N–H and O–H groups in total. The summed E-state index contributed by atoms with van der Waals surface area (Å²) in [6, 6.07) is 0. The summed E-state index contributed by atoms with van der Waals surface area (Å²) in [6.07, 6.45) is 0. The minimum atomic E-state index is 0. The van der Waals surface area contributed by atoms with Gasteiger partial charge in [-0.15, -0.1) is 0 Å². The summed E-state index contributed by atoms with van der Waals surface area (Å²) in [6.45, 7) is 0. The fourth-order valence-electron chi connectivity index (χ4n) is 0. The van der Waals surface area contributed by atoms with E-state index in [1.165, 1.54) is 0 Å². The Morgan fingerprint density at radius 2 is 0.400 bits per heavy atom. The van der Waals surface area contributed by atoms with Gasteiger partial charge in [0, 0.05) is 0 Å². The molecule has 0 amide bonds. The predicted octanol–water partition coefficient (Wildman–Crippen LogP) is -0.475. The van der Waals surface area contributed by atoms with Crippen LogP contribution in [-0.2, 0) is 21.9 Å². The molecule has 0 aliphatic rings. The van der Waals surface area contributed by atoms with E-state index in [1.54, 1.807) is 0 Å². The third-order valence-corrected chi connectivity index (χ3v) is 0. The quantitative estimate of drug-likeness (QED) is 0.541. The molecule has 43 valence electrons. The van der Waals surface area contributed by atoms with Crippen molar-refractivity contribution >= 4 is 0 Å². The summed E-state index contributed by atoms with van der Waals surface area (Å²) in [7, 11) is 0. The van der Waals surface area contributed by atoms with Gasteiger partial charge in [0.05, 0.1) is 0 Å². The van der Waals surface area contributed by atoms with E-state index in [9.17, 15) is 0 Å². The Morgan fingerprint density at radius 1 is 0.400 bits per heavy atom. The minimum absolute atomic E-state index is 0. The molecular formula is O4Yb-5. The van der Waals surface area contributed by atoms with Gasteiger partial charge in [0.15, 0.2) is 0 Å². The van der Waals surface area contributed by atoms with E-state index in [0.717, 1.165) is 0 Å².